The minimum absolute atomic E-state index is 0.0827. The number of nitrogens with zero attached hydrogens (tertiary/aromatic N) is 1. The Labute approximate surface area is 201 Å². The van der Waals surface area contributed by atoms with Crippen molar-refractivity contribution in [3.63, 3.8) is 0 Å². The Morgan fingerprint density at radius 2 is 1.79 bits per heavy atom. The van der Waals surface area contributed by atoms with Crippen LogP contribution in [0.4, 0.5) is 0 Å². The van der Waals surface area contributed by atoms with Gasteiger partial charge in [0.05, 0.1) is 5.69 Å². The molecule has 1 atom stereocenters. The Hall–Kier alpha value is -3.03. The number of thioether (sulfide) groups is 1. The first-order valence-corrected chi connectivity index (χ1v) is 11.9. The normalized spacial score (nSPS) is 14.6. The number of nitrogens with one attached hydrogen (secondary N) is 2. The molecule has 1 aliphatic rings. The fourth-order valence-electron chi connectivity index (χ4n) is 4.09. The number of aromatic nitrogens is 1. The van der Waals surface area contributed by atoms with Crippen LogP contribution in [0.2, 0.25) is 5.02 Å². The molecule has 1 aromatic heterocycles. The molecule has 0 fully saturated rings. The summed E-state index contributed by atoms with van der Waals surface area (Å²) in [5.41, 5.74) is 3.10. The maximum atomic E-state index is 13.2. The minimum atomic E-state index is -0.448. The van der Waals surface area contributed by atoms with E-state index in [9.17, 15) is 14.4 Å². The molecule has 8 heteroatoms. The Balaban J connectivity index is 1.83. The predicted octanol–water partition coefficient (Wildman–Crippen LogP) is 4.05. The van der Waals surface area contributed by atoms with Crippen molar-refractivity contribution in [3.05, 3.63) is 92.4 Å². The van der Waals surface area contributed by atoms with Gasteiger partial charge in [-0.1, -0.05) is 41.9 Å². The molecule has 2 amide bonds. The second-order valence-electron chi connectivity index (χ2n) is 7.85. The fourth-order valence-corrected chi connectivity index (χ4v) is 5.74. The molecule has 1 aliphatic heterocycles. The highest BCUT2D eigenvalue weighted by atomic mass is 35.5. The van der Waals surface area contributed by atoms with Gasteiger partial charge >= 0.3 is 0 Å². The highest BCUT2D eigenvalue weighted by Crippen LogP contribution is 2.45. The quantitative estimate of drug-likeness (QED) is 0.539. The lowest BCUT2D eigenvalue weighted by molar-refractivity contribution is -0.118. The zero-order valence-electron chi connectivity index (χ0n) is 18.4. The standard InChI is InChI=1S/C25H24ClN3O3S/c1-15-13-21(31)24(25(32)28-12-11-27-16(2)30)20-14-23(17-7-3-4-8-18(17)26)33-22-10-6-5-9-19(22)29(15)20/h3-10,13,23H,11-12,14H2,1-2H3,(H,27,30)(H,28,32). The number of aryl methyl sites for hydroxylation is 1. The number of para-hydroxylation sites is 1. The van der Waals surface area contributed by atoms with Gasteiger partial charge in [0.25, 0.3) is 5.91 Å². The third kappa shape index (κ3) is 4.84. The molecule has 3 aromatic rings. The summed E-state index contributed by atoms with van der Waals surface area (Å²) in [4.78, 5) is 38.4. The van der Waals surface area contributed by atoms with Gasteiger partial charge in [-0.05, 0) is 30.7 Å². The number of halogens is 1. The molecule has 0 spiro atoms. The van der Waals surface area contributed by atoms with E-state index in [2.05, 4.69) is 10.6 Å². The van der Waals surface area contributed by atoms with Gasteiger partial charge < -0.3 is 15.2 Å². The van der Waals surface area contributed by atoms with Gasteiger partial charge in [-0.2, -0.15) is 0 Å². The first-order chi connectivity index (χ1) is 15.9. The zero-order valence-corrected chi connectivity index (χ0v) is 19.9. The molecule has 2 aromatic carbocycles. The van der Waals surface area contributed by atoms with Crippen LogP contribution in [0.25, 0.3) is 5.69 Å². The number of hydrogen-bond donors (Lipinski definition) is 2. The molecular formula is C25H24ClN3O3S. The molecule has 0 saturated carbocycles. The van der Waals surface area contributed by atoms with Crippen LogP contribution in [0.5, 0.6) is 0 Å². The van der Waals surface area contributed by atoms with E-state index in [0.29, 0.717) is 17.1 Å². The first-order valence-electron chi connectivity index (χ1n) is 10.7. The van der Waals surface area contributed by atoms with Gasteiger partial charge in [-0.3, -0.25) is 14.4 Å². The Bertz CT molecular complexity index is 1290. The molecule has 0 radical (unpaired) electrons. The number of carbonyl (C=O) groups is 2. The summed E-state index contributed by atoms with van der Waals surface area (Å²) in [7, 11) is 0. The molecule has 2 heterocycles. The summed E-state index contributed by atoms with van der Waals surface area (Å²) in [6, 6.07) is 17.1. The number of hydrogen-bond acceptors (Lipinski definition) is 4. The Morgan fingerprint density at radius 1 is 1.09 bits per heavy atom. The topological polar surface area (TPSA) is 80.2 Å². The monoisotopic (exact) mass is 481 g/mol. The van der Waals surface area contributed by atoms with E-state index in [1.165, 1.54) is 13.0 Å². The first kappa shape index (κ1) is 23.1. The van der Waals surface area contributed by atoms with Crippen LogP contribution in [-0.2, 0) is 11.2 Å². The molecule has 170 valence electrons. The Kier molecular flexibility index (Phi) is 6.91. The highest BCUT2D eigenvalue weighted by Gasteiger charge is 2.29. The number of carbonyl (C=O) groups excluding carboxylic acids is 2. The number of amides is 2. The molecule has 0 bridgehead atoms. The van der Waals surface area contributed by atoms with Gasteiger partial charge in [0.1, 0.15) is 5.56 Å². The van der Waals surface area contributed by atoms with Crippen molar-refractivity contribution in [2.24, 2.45) is 0 Å². The van der Waals surface area contributed by atoms with E-state index in [4.69, 9.17) is 11.6 Å². The van der Waals surface area contributed by atoms with Crippen LogP contribution in [-0.4, -0.2) is 29.5 Å². The van der Waals surface area contributed by atoms with Gasteiger partial charge in [0, 0.05) is 59.1 Å². The number of benzene rings is 2. The largest absolute Gasteiger partial charge is 0.355 e. The third-order valence-corrected chi connectivity index (χ3v) is 7.16. The summed E-state index contributed by atoms with van der Waals surface area (Å²) in [6.07, 6.45) is 0.453. The third-order valence-electron chi connectivity index (χ3n) is 5.52. The van der Waals surface area contributed by atoms with E-state index in [-0.39, 0.29) is 35.2 Å². The minimum Gasteiger partial charge on any atom is -0.355 e. The van der Waals surface area contributed by atoms with Crippen molar-refractivity contribution in [2.45, 2.75) is 30.4 Å². The maximum absolute atomic E-state index is 13.2. The predicted molar refractivity (Wildman–Crippen MR) is 132 cm³/mol. The number of fused-ring (bicyclic) bond motifs is 3. The molecule has 6 nitrogen and oxygen atoms in total. The highest BCUT2D eigenvalue weighted by molar-refractivity contribution is 7.99. The van der Waals surface area contributed by atoms with E-state index in [1.54, 1.807) is 11.8 Å². The Morgan fingerprint density at radius 3 is 2.55 bits per heavy atom. The van der Waals surface area contributed by atoms with Crippen molar-refractivity contribution in [3.8, 4) is 5.69 Å². The van der Waals surface area contributed by atoms with Crippen molar-refractivity contribution in [1.29, 1.82) is 0 Å². The van der Waals surface area contributed by atoms with Gasteiger partial charge in [-0.15, -0.1) is 11.8 Å². The summed E-state index contributed by atoms with van der Waals surface area (Å²) in [5, 5.41) is 5.98. The SMILES string of the molecule is CC(=O)NCCNC(=O)c1c2n(c(C)cc1=O)-c1ccccc1SC(c1ccccc1Cl)C2. The molecule has 0 saturated heterocycles. The van der Waals surface area contributed by atoms with E-state index in [1.807, 2.05) is 60.0 Å². The van der Waals surface area contributed by atoms with Crippen LogP contribution in [0, 0.1) is 6.92 Å². The summed E-state index contributed by atoms with van der Waals surface area (Å²) in [6.45, 7) is 3.81. The second kappa shape index (κ2) is 9.85. The second-order valence-corrected chi connectivity index (χ2v) is 9.50. The van der Waals surface area contributed by atoms with Crippen molar-refractivity contribution >= 4 is 35.2 Å². The van der Waals surface area contributed by atoms with Gasteiger partial charge in [0.2, 0.25) is 5.91 Å². The molecule has 1 unspecified atom stereocenters. The van der Waals surface area contributed by atoms with Crippen LogP contribution < -0.4 is 16.1 Å². The molecule has 33 heavy (non-hydrogen) atoms. The average Bonchev–Trinajstić information content (AvgIpc) is 2.94. The van der Waals surface area contributed by atoms with Gasteiger partial charge in [-0.25, -0.2) is 0 Å². The number of rotatable bonds is 5. The molecule has 4 rings (SSSR count). The lowest BCUT2D eigenvalue weighted by atomic mass is 10.0. The maximum Gasteiger partial charge on any atom is 0.257 e. The summed E-state index contributed by atoms with van der Waals surface area (Å²) in [5.74, 6) is -0.624. The van der Waals surface area contributed by atoms with Crippen LogP contribution >= 0.6 is 23.4 Å². The van der Waals surface area contributed by atoms with Crippen LogP contribution in [0.1, 0.15) is 39.5 Å². The van der Waals surface area contributed by atoms with Gasteiger partial charge in [0.15, 0.2) is 5.43 Å². The van der Waals surface area contributed by atoms with Crippen molar-refractivity contribution < 1.29 is 9.59 Å². The van der Waals surface area contributed by atoms with Crippen LogP contribution in [0.3, 0.4) is 0 Å². The zero-order chi connectivity index (χ0) is 23.5. The molecule has 0 aliphatic carbocycles. The summed E-state index contributed by atoms with van der Waals surface area (Å²) < 4.78 is 2.00. The fraction of sp³-hybridized carbons (Fsp3) is 0.240. The van der Waals surface area contributed by atoms with E-state index in [0.717, 1.165) is 21.8 Å². The lowest BCUT2D eigenvalue weighted by Gasteiger charge is -2.20. The number of pyridine rings is 1. The van der Waals surface area contributed by atoms with Crippen molar-refractivity contribution in [2.75, 3.05) is 13.1 Å². The molecule has 2 N–H and O–H groups in total. The van der Waals surface area contributed by atoms with E-state index < -0.39 is 5.91 Å². The lowest BCUT2D eigenvalue weighted by Crippen LogP contribution is -2.37. The van der Waals surface area contributed by atoms with Crippen LogP contribution in [0.15, 0.2) is 64.3 Å². The van der Waals surface area contributed by atoms with Crippen molar-refractivity contribution in [1.82, 2.24) is 15.2 Å². The average molecular weight is 482 g/mol. The smallest absolute Gasteiger partial charge is 0.257 e. The molecular weight excluding hydrogens is 458 g/mol. The summed E-state index contributed by atoms with van der Waals surface area (Å²) >= 11 is 8.22. The van der Waals surface area contributed by atoms with E-state index >= 15 is 0 Å².